The van der Waals surface area contributed by atoms with E-state index in [1.807, 2.05) is 0 Å². The molecule has 9 nitrogen and oxygen atoms in total. The number of carbonyl (C=O) groups excluding carboxylic acids is 2. The molecule has 2 rings (SSSR count). The summed E-state index contributed by atoms with van der Waals surface area (Å²) in [5, 5.41) is 24.7. The second-order valence-electron chi connectivity index (χ2n) is 3.82. The Balaban J connectivity index is 2.38. The molecule has 0 bridgehead atoms. The van der Waals surface area contributed by atoms with E-state index < -0.39 is 5.91 Å². The molecule has 3 N–H and O–H groups in total. The van der Waals surface area contributed by atoms with Crippen molar-refractivity contribution in [3.63, 3.8) is 0 Å². The number of H-pyrrole nitrogens is 1. The van der Waals surface area contributed by atoms with Gasteiger partial charge in [0.15, 0.2) is 5.78 Å². The van der Waals surface area contributed by atoms with Crippen LogP contribution in [0, 0.1) is 0 Å². The van der Waals surface area contributed by atoms with Crippen molar-refractivity contribution >= 4 is 17.4 Å². The van der Waals surface area contributed by atoms with Gasteiger partial charge in [-0.25, -0.2) is 0 Å². The number of nitrogens with zero attached hydrogens (tertiary/aromatic N) is 3. The van der Waals surface area contributed by atoms with Crippen LogP contribution < -0.4 is 10.1 Å². The van der Waals surface area contributed by atoms with Crippen molar-refractivity contribution in [2.24, 2.45) is 0 Å². The largest absolute Gasteiger partial charge is 0.505 e. The van der Waals surface area contributed by atoms with Crippen LogP contribution in [0.1, 0.15) is 27.9 Å². The van der Waals surface area contributed by atoms with E-state index in [1.54, 1.807) is 0 Å². The highest BCUT2D eigenvalue weighted by molar-refractivity contribution is 6.05. The first-order valence-corrected chi connectivity index (χ1v) is 5.49. The predicted octanol–water partition coefficient (Wildman–Crippen LogP) is 0.369. The minimum Gasteiger partial charge on any atom is -0.505 e. The fourth-order valence-corrected chi connectivity index (χ4v) is 1.53. The third-order valence-electron chi connectivity index (χ3n) is 2.50. The molecule has 1 amide bonds. The number of ether oxygens (including phenoxy) is 1. The Morgan fingerprint density at radius 2 is 2.15 bits per heavy atom. The summed E-state index contributed by atoms with van der Waals surface area (Å²) in [6, 6.07) is 2.75. The van der Waals surface area contributed by atoms with Crippen LogP contribution in [0.3, 0.4) is 0 Å². The number of benzene rings is 1. The van der Waals surface area contributed by atoms with Gasteiger partial charge in [0.25, 0.3) is 11.7 Å². The van der Waals surface area contributed by atoms with Crippen molar-refractivity contribution in [3.8, 4) is 11.5 Å². The van der Waals surface area contributed by atoms with Gasteiger partial charge in [-0.15, -0.1) is 10.2 Å². The molecule has 104 valence electrons. The topological polar surface area (TPSA) is 130 Å². The zero-order chi connectivity index (χ0) is 14.7. The van der Waals surface area contributed by atoms with Crippen molar-refractivity contribution in [1.82, 2.24) is 20.6 Å². The maximum Gasteiger partial charge on any atom is 0.297 e. The summed E-state index contributed by atoms with van der Waals surface area (Å²) in [6.45, 7) is 1.29. The lowest BCUT2D eigenvalue weighted by Crippen LogP contribution is -2.14. The number of anilines is 1. The number of aromatic hydroxyl groups is 1. The number of amides is 1. The number of aromatic nitrogens is 4. The first-order chi connectivity index (χ1) is 9.52. The summed E-state index contributed by atoms with van der Waals surface area (Å²) < 4.78 is 5.01. The zero-order valence-corrected chi connectivity index (χ0v) is 10.7. The molecule has 9 heteroatoms. The second-order valence-corrected chi connectivity index (χ2v) is 3.82. The number of hydrogen-bond acceptors (Lipinski definition) is 7. The van der Waals surface area contributed by atoms with E-state index in [1.165, 1.54) is 26.2 Å². The highest BCUT2D eigenvalue weighted by atomic mass is 16.5. The molecule has 0 atom stereocenters. The zero-order valence-electron chi connectivity index (χ0n) is 10.7. The highest BCUT2D eigenvalue weighted by Gasteiger charge is 2.18. The number of phenols is 1. The first kappa shape index (κ1) is 13.5. The van der Waals surface area contributed by atoms with Gasteiger partial charge in [0.1, 0.15) is 11.5 Å². The molecule has 0 saturated carbocycles. The number of phenolic OH excluding ortho intramolecular Hbond substituents is 1. The Hall–Kier alpha value is -2.97. The molecule has 0 unspecified atom stereocenters. The van der Waals surface area contributed by atoms with E-state index in [2.05, 4.69) is 25.9 Å². The molecular weight excluding hydrogens is 266 g/mol. The number of tetrazole rings is 1. The average Bonchev–Trinajstić information content (AvgIpc) is 2.94. The maximum absolute atomic E-state index is 11.8. The molecule has 1 aromatic heterocycles. The molecule has 1 heterocycles. The molecule has 0 aliphatic carbocycles. The third-order valence-corrected chi connectivity index (χ3v) is 2.50. The molecule has 1 aromatic carbocycles. The number of carbonyl (C=O) groups is 2. The number of ketones is 1. The van der Waals surface area contributed by atoms with Gasteiger partial charge in [0.2, 0.25) is 0 Å². The quantitative estimate of drug-likeness (QED) is 0.543. The standard InChI is InChI=1S/C11H11N5O4/c1-5(17)7-3-6(20-2)4-8(9(7)18)12-11(19)10-13-15-16-14-10/h3-4,18H,1-2H3,(H,12,19)(H,13,14,15,16). The van der Waals surface area contributed by atoms with Crippen molar-refractivity contribution in [1.29, 1.82) is 0 Å². The Morgan fingerprint density at radius 3 is 2.70 bits per heavy atom. The summed E-state index contributed by atoms with van der Waals surface area (Å²) in [5.41, 5.74) is 0.0529. The van der Waals surface area contributed by atoms with E-state index in [-0.39, 0.29) is 28.6 Å². The fraction of sp³-hybridized carbons (Fsp3) is 0.182. The Bertz CT molecular complexity index is 653. The summed E-state index contributed by atoms with van der Waals surface area (Å²) in [6.07, 6.45) is 0. The number of nitrogens with one attached hydrogen (secondary N) is 2. The van der Waals surface area contributed by atoms with Crippen molar-refractivity contribution < 1.29 is 19.4 Å². The van der Waals surface area contributed by atoms with Gasteiger partial charge in [-0.1, -0.05) is 0 Å². The van der Waals surface area contributed by atoms with Gasteiger partial charge in [-0.05, 0) is 18.2 Å². The van der Waals surface area contributed by atoms with Crippen LogP contribution in [0.25, 0.3) is 0 Å². The van der Waals surface area contributed by atoms with Crippen LogP contribution in [-0.2, 0) is 0 Å². The van der Waals surface area contributed by atoms with Crippen molar-refractivity contribution in [3.05, 3.63) is 23.5 Å². The lowest BCUT2D eigenvalue weighted by atomic mass is 10.1. The predicted molar refractivity (Wildman–Crippen MR) is 66.8 cm³/mol. The van der Waals surface area contributed by atoms with Crippen molar-refractivity contribution in [2.45, 2.75) is 6.92 Å². The van der Waals surface area contributed by atoms with Crippen LogP contribution in [0.2, 0.25) is 0 Å². The summed E-state index contributed by atoms with van der Waals surface area (Å²) >= 11 is 0. The number of Topliss-reactive ketones (excluding diaryl/α,β-unsaturated/α-hetero) is 1. The molecule has 20 heavy (non-hydrogen) atoms. The Kier molecular flexibility index (Phi) is 3.60. The second kappa shape index (κ2) is 5.34. The van der Waals surface area contributed by atoms with E-state index in [9.17, 15) is 14.7 Å². The fourth-order valence-electron chi connectivity index (χ4n) is 1.53. The van der Waals surface area contributed by atoms with Crippen LogP contribution in [0.15, 0.2) is 12.1 Å². The molecule has 2 aromatic rings. The van der Waals surface area contributed by atoms with Crippen LogP contribution in [0.4, 0.5) is 5.69 Å². The molecule has 0 aliphatic heterocycles. The molecular formula is C11H11N5O4. The van der Waals surface area contributed by atoms with Gasteiger partial charge in [0.05, 0.1) is 18.4 Å². The van der Waals surface area contributed by atoms with E-state index in [4.69, 9.17) is 4.74 Å². The average molecular weight is 277 g/mol. The number of aromatic amines is 1. The van der Waals surface area contributed by atoms with Gasteiger partial charge < -0.3 is 15.2 Å². The van der Waals surface area contributed by atoms with Gasteiger partial charge in [-0.2, -0.15) is 5.21 Å². The lowest BCUT2D eigenvalue weighted by molar-refractivity contribution is 0.1000. The van der Waals surface area contributed by atoms with E-state index >= 15 is 0 Å². The summed E-state index contributed by atoms with van der Waals surface area (Å²) in [4.78, 5) is 23.2. The monoisotopic (exact) mass is 277 g/mol. The smallest absolute Gasteiger partial charge is 0.297 e. The number of rotatable bonds is 4. The number of methoxy groups -OCH3 is 1. The molecule has 0 aliphatic rings. The van der Waals surface area contributed by atoms with Gasteiger partial charge in [0, 0.05) is 6.07 Å². The minimum absolute atomic E-state index is 0.0179. The van der Waals surface area contributed by atoms with Crippen LogP contribution in [0.5, 0.6) is 11.5 Å². The Morgan fingerprint density at radius 1 is 1.40 bits per heavy atom. The maximum atomic E-state index is 11.8. The van der Waals surface area contributed by atoms with Crippen LogP contribution >= 0.6 is 0 Å². The molecule has 0 saturated heterocycles. The normalized spacial score (nSPS) is 10.1. The third kappa shape index (κ3) is 2.55. The summed E-state index contributed by atoms with van der Waals surface area (Å²) in [7, 11) is 1.40. The van der Waals surface area contributed by atoms with Crippen molar-refractivity contribution in [2.75, 3.05) is 12.4 Å². The van der Waals surface area contributed by atoms with Gasteiger partial charge >= 0.3 is 0 Å². The molecule has 0 fully saturated rings. The SMILES string of the molecule is COc1cc(NC(=O)c2nn[nH]n2)c(O)c(C(C)=O)c1. The van der Waals surface area contributed by atoms with E-state index in [0.29, 0.717) is 5.75 Å². The first-order valence-electron chi connectivity index (χ1n) is 5.49. The summed E-state index contributed by atoms with van der Waals surface area (Å²) in [5.74, 6) is -1.28. The van der Waals surface area contributed by atoms with Gasteiger partial charge in [-0.3, -0.25) is 9.59 Å². The van der Waals surface area contributed by atoms with E-state index in [0.717, 1.165) is 0 Å². The lowest BCUT2D eigenvalue weighted by Gasteiger charge is -2.11. The minimum atomic E-state index is -0.684. The van der Waals surface area contributed by atoms with Crippen LogP contribution in [-0.4, -0.2) is 44.5 Å². The molecule has 0 radical (unpaired) electrons. The Labute approximate surface area is 113 Å². The molecule has 0 spiro atoms. The number of hydrogen-bond donors (Lipinski definition) is 3. The highest BCUT2D eigenvalue weighted by Crippen LogP contribution is 2.33.